The number of anilines is 1. The Morgan fingerprint density at radius 2 is 1.88 bits per heavy atom. The molecule has 0 radical (unpaired) electrons. The Labute approximate surface area is 162 Å². The molecule has 26 heavy (non-hydrogen) atoms. The summed E-state index contributed by atoms with van der Waals surface area (Å²) in [5.74, 6) is 0.904. The zero-order valence-corrected chi connectivity index (χ0v) is 15.7. The fraction of sp³-hybridized carbons (Fsp3) is 0.333. The van der Waals surface area contributed by atoms with Crippen LogP contribution in [0.5, 0.6) is 0 Å². The van der Waals surface area contributed by atoms with Crippen LogP contribution in [0.1, 0.15) is 11.1 Å². The number of nitrogens with zero attached hydrogens (tertiary/aromatic N) is 2. The van der Waals surface area contributed by atoms with Gasteiger partial charge in [-0.1, -0.05) is 29.3 Å². The van der Waals surface area contributed by atoms with E-state index in [9.17, 15) is 4.79 Å². The number of morpholine rings is 1. The van der Waals surface area contributed by atoms with Crippen molar-refractivity contribution in [2.45, 2.75) is 13.1 Å². The van der Waals surface area contributed by atoms with E-state index < -0.39 is 0 Å². The molecule has 1 aliphatic rings. The summed E-state index contributed by atoms with van der Waals surface area (Å²) >= 11 is 12.0. The molecule has 0 aliphatic carbocycles. The molecule has 3 rings (SSSR count). The Hall–Kier alpha value is -2.02. The van der Waals surface area contributed by atoms with E-state index in [0.29, 0.717) is 36.3 Å². The molecule has 8 heteroatoms. The lowest BCUT2D eigenvalue weighted by Crippen LogP contribution is -2.37. The van der Waals surface area contributed by atoms with Crippen LogP contribution >= 0.6 is 23.2 Å². The summed E-state index contributed by atoms with van der Waals surface area (Å²) < 4.78 is 5.36. The van der Waals surface area contributed by atoms with Gasteiger partial charge in [-0.2, -0.15) is 0 Å². The summed E-state index contributed by atoms with van der Waals surface area (Å²) in [5.41, 5.74) is 1.80. The molecule has 2 N–H and O–H groups in total. The van der Waals surface area contributed by atoms with Crippen molar-refractivity contribution in [3.63, 3.8) is 0 Å². The Kier molecular flexibility index (Phi) is 6.55. The summed E-state index contributed by atoms with van der Waals surface area (Å²) in [4.78, 5) is 18.6. The molecule has 1 fully saturated rings. The SMILES string of the molecule is O=C(NCc1ccnc(N2CCOCC2)c1)NCc1ccc(Cl)cc1Cl. The Bertz CT molecular complexity index is 767. The third-order valence-corrected chi connectivity index (χ3v) is 4.64. The lowest BCUT2D eigenvalue weighted by atomic mass is 10.2. The summed E-state index contributed by atoms with van der Waals surface area (Å²) in [7, 11) is 0. The maximum absolute atomic E-state index is 12.0. The Morgan fingerprint density at radius 1 is 1.12 bits per heavy atom. The topological polar surface area (TPSA) is 66.5 Å². The van der Waals surface area contributed by atoms with Gasteiger partial charge in [0.1, 0.15) is 5.82 Å². The van der Waals surface area contributed by atoms with E-state index in [-0.39, 0.29) is 6.03 Å². The first-order valence-electron chi connectivity index (χ1n) is 8.35. The average Bonchev–Trinajstić information content (AvgIpc) is 2.66. The largest absolute Gasteiger partial charge is 0.378 e. The monoisotopic (exact) mass is 394 g/mol. The summed E-state index contributed by atoms with van der Waals surface area (Å²) in [6, 6.07) is 8.81. The van der Waals surface area contributed by atoms with Crippen molar-refractivity contribution in [1.29, 1.82) is 0 Å². The van der Waals surface area contributed by atoms with Crippen molar-refractivity contribution in [3.05, 3.63) is 57.7 Å². The second kappa shape index (κ2) is 9.07. The highest BCUT2D eigenvalue weighted by Gasteiger charge is 2.12. The van der Waals surface area contributed by atoms with Crippen LogP contribution in [-0.4, -0.2) is 37.3 Å². The number of halogens is 2. The minimum atomic E-state index is -0.263. The summed E-state index contributed by atoms with van der Waals surface area (Å²) in [6.07, 6.45) is 1.76. The van der Waals surface area contributed by atoms with Crippen LogP contribution in [0.3, 0.4) is 0 Å². The van der Waals surface area contributed by atoms with Crippen molar-refractivity contribution in [3.8, 4) is 0 Å². The predicted molar refractivity (Wildman–Crippen MR) is 103 cm³/mol. The number of amides is 2. The summed E-state index contributed by atoms with van der Waals surface area (Å²) in [5, 5.41) is 6.72. The van der Waals surface area contributed by atoms with Gasteiger partial charge in [-0.3, -0.25) is 0 Å². The van der Waals surface area contributed by atoms with Crippen molar-refractivity contribution in [2.75, 3.05) is 31.2 Å². The van der Waals surface area contributed by atoms with Crippen LogP contribution in [0.2, 0.25) is 10.0 Å². The molecule has 1 aromatic carbocycles. The predicted octanol–water partition coefficient (Wildman–Crippen LogP) is 3.22. The first-order valence-corrected chi connectivity index (χ1v) is 9.10. The third-order valence-electron chi connectivity index (χ3n) is 4.05. The standard InChI is InChI=1S/C18H20Cl2N4O2/c19-15-2-1-14(16(20)10-15)12-23-18(25)22-11-13-3-4-21-17(9-13)24-5-7-26-8-6-24/h1-4,9-10H,5-8,11-12H2,(H2,22,23,25). The van der Waals surface area contributed by atoms with Gasteiger partial charge in [-0.25, -0.2) is 9.78 Å². The third kappa shape index (κ3) is 5.24. The number of pyridine rings is 1. The van der Waals surface area contributed by atoms with Gasteiger partial charge in [0.15, 0.2) is 0 Å². The van der Waals surface area contributed by atoms with Crippen molar-refractivity contribution in [2.24, 2.45) is 0 Å². The number of benzene rings is 1. The Morgan fingerprint density at radius 3 is 2.65 bits per heavy atom. The van der Waals surface area contributed by atoms with Gasteiger partial charge in [-0.05, 0) is 35.4 Å². The maximum atomic E-state index is 12.0. The highest BCUT2D eigenvalue weighted by atomic mass is 35.5. The van der Waals surface area contributed by atoms with Crippen molar-refractivity contribution < 1.29 is 9.53 Å². The molecule has 0 bridgehead atoms. The van der Waals surface area contributed by atoms with Crippen LogP contribution in [0.4, 0.5) is 10.6 Å². The number of carbonyl (C=O) groups excluding carboxylic acids is 1. The van der Waals surface area contributed by atoms with Crippen LogP contribution in [-0.2, 0) is 17.8 Å². The van der Waals surface area contributed by atoms with E-state index in [2.05, 4.69) is 20.5 Å². The van der Waals surface area contributed by atoms with Crippen molar-refractivity contribution >= 4 is 35.1 Å². The van der Waals surface area contributed by atoms with Gasteiger partial charge in [0, 0.05) is 42.4 Å². The number of hydrogen-bond donors (Lipinski definition) is 2. The van der Waals surface area contributed by atoms with E-state index in [1.165, 1.54) is 0 Å². The molecule has 0 unspecified atom stereocenters. The number of rotatable bonds is 5. The second-order valence-electron chi connectivity index (χ2n) is 5.89. The molecular formula is C18H20Cl2N4O2. The van der Waals surface area contributed by atoms with Crippen LogP contribution in [0, 0.1) is 0 Å². The van der Waals surface area contributed by atoms with Gasteiger partial charge >= 0.3 is 6.03 Å². The minimum absolute atomic E-state index is 0.263. The minimum Gasteiger partial charge on any atom is -0.378 e. The van der Waals surface area contributed by atoms with E-state index in [4.69, 9.17) is 27.9 Å². The molecule has 0 atom stereocenters. The van der Waals surface area contributed by atoms with Crippen LogP contribution in [0.15, 0.2) is 36.5 Å². The number of ether oxygens (including phenoxy) is 1. The quantitative estimate of drug-likeness (QED) is 0.816. The van der Waals surface area contributed by atoms with E-state index in [1.807, 2.05) is 12.1 Å². The van der Waals surface area contributed by atoms with Gasteiger partial charge in [0.25, 0.3) is 0 Å². The van der Waals surface area contributed by atoms with Gasteiger partial charge in [0.05, 0.1) is 13.2 Å². The lowest BCUT2D eigenvalue weighted by molar-refractivity contribution is 0.122. The van der Waals surface area contributed by atoms with Crippen LogP contribution < -0.4 is 15.5 Å². The molecule has 2 heterocycles. The first kappa shape index (κ1) is 18.8. The van der Waals surface area contributed by atoms with Gasteiger partial charge < -0.3 is 20.3 Å². The zero-order valence-electron chi connectivity index (χ0n) is 14.2. The maximum Gasteiger partial charge on any atom is 0.315 e. The molecule has 2 aromatic rings. The smallest absolute Gasteiger partial charge is 0.315 e. The summed E-state index contributed by atoms with van der Waals surface area (Å²) in [6.45, 7) is 3.81. The number of carbonyl (C=O) groups is 1. The second-order valence-corrected chi connectivity index (χ2v) is 6.74. The molecule has 2 amide bonds. The molecule has 138 valence electrons. The molecule has 1 aromatic heterocycles. The highest BCUT2D eigenvalue weighted by molar-refractivity contribution is 6.35. The normalized spacial score (nSPS) is 14.2. The van der Waals surface area contributed by atoms with Crippen LogP contribution in [0.25, 0.3) is 0 Å². The fourth-order valence-corrected chi connectivity index (χ4v) is 3.10. The first-order chi connectivity index (χ1) is 12.6. The fourth-order valence-electron chi connectivity index (χ4n) is 2.62. The van der Waals surface area contributed by atoms with E-state index in [1.54, 1.807) is 24.4 Å². The van der Waals surface area contributed by atoms with Crippen molar-refractivity contribution in [1.82, 2.24) is 15.6 Å². The number of hydrogen-bond acceptors (Lipinski definition) is 4. The average molecular weight is 395 g/mol. The molecule has 6 nitrogen and oxygen atoms in total. The molecular weight excluding hydrogens is 375 g/mol. The molecule has 0 spiro atoms. The Balaban J connectivity index is 1.49. The number of aromatic nitrogens is 1. The van der Waals surface area contributed by atoms with E-state index in [0.717, 1.165) is 30.0 Å². The highest BCUT2D eigenvalue weighted by Crippen LogP contribution is 2.20. The van der Waals surface area contributed by atoms with Gasteiger partial charge in [0.2, 0.25) is 0 Å². The van der Waals surface area contributed by atoms with Gasteiger partial charge in [-0.15, -0.1) is 0 Å². The number of urea groups is 1. The molecule has 1 saturated heterocycles. The molecule has 0 saturated carbocycles. The lowest BCUT2D eigenvalue weighted by Gasteiger charge is -2.28. The number of nitrogens with one attached hydrogen (secondary N) is 2. The molecule has 1 aliphatic heterocycles. The van der Waals surface area contributed by atoms with E-state index >= 15 is 0 Å². The zero-order chi connectivity index (χ0) is 18.4.